The molecule has 0 amide bonds. The summed E-state index contributed by atoms with van der Waals surface area (Å²) in [6.07, 6.45) is 13.2. The highest BCUT2D eigenvalue weighted by Gasteiger charge is 2.11. The van der Waals surface area contributed by atoms with Crippen molar-refractivity contribution in [2.24, 2.45) is 5.16 Å². The number of hydrogen-bond acceptors (Lipinski definition) is 3. The predicted octanol–water partition coefficient (Wildman–Crippen LogP) is 4.08. The fourth-order valence-electron chi connectivity index (χ4n) is 2.38. The van der Waals surface area contributed by atoms with E-state index in [4.69, 9.17) is 5.21 Å². The molecule has 0 unspecified atom stereocenters. The van der Waals surface area contributed by atoms with Gasteiger partial charge in [0, 0.05) is 6.42 Å². The molecular formula is C14H25NO2. The van der Waals surface area contributed by atoms with Crippen molar-refractivity contribution in [3.05, 3.63) is 0 Å². The van der Waals surface area contributed by atoms with E-state index >= 15 is 0 Å². The van der Waals surface area contributed by atoms with Crippen LogP contribution in [0, 0.1) is 0 Å². The van der Waals surface area contributed by atoms with Gasteiger partial charge in [-0.05, 0) is 19.3 Å². The molecule has 0 aliphatic heterocycles. The molecule has 17 heavy (non-hydrogen) atoms. The maximum absolute atomic E-state index is 11.7. The van der Waals surface area contributed by atoms with E-state index in [9.17, 15) is 4.79 Å². The topological polar surface area (TPSA) is 49.7 Å². The van der Waals surface area contributed by atoms with Crippen LogP contribution in [-0.2, 0) is 4.79 Å². The van der Waals surface area contributed by atoms with Crippen LogP contribution in [-0.4, -0.2) is 16.7 Å². The van der Waals surface area contributed by atoms with Crippen LogP contribution in [0.3, 0.4) is 0 Å². The van der Waals surface area contributed by atoms with Crippen LogP contribution in [0.1, 0.15) is 77.0 Å². The van der Waals surface area contributed by atoms with Gasteiger partial charge in [-0.3, -0.25) is 4.79 Å². The zero-order chi connectivity index (χ0) is 12.3. The number of oxime groups is 1. The molecule has 0 spiro atoms. The third-order valence-electron chi connectivity index (χ3n) is 3.51. The van der Waals surface area contributed by atoms with Crippen LogP contribution in [0.25, 0.3) is 0 Å². The summed E-state index contributed by atoms with van der Waals surface area (Å²) in [7, 11) is 0. The summed E-state index contributed by atoms with van der Waals surface area (Å²) in [6, 6.07) is 0. The van der Waals surface area contributed by atoms with Gasteiger partial charge in [0.05, 0.1) is 0 Å². The molecule has 0 saturated heterocycles. The second kappa shape index (κ2) is 9.20. The quantitative estimate of drug-likeness (QED) is 0.511. The van der Waals surface area contributed by atoms with E-state index in [1.807, 2.05) is 0 Å². The Labute approximate surface area is 104 Å². The zero-order valence-electron chi connectivity index (χ0n) is 10.8. The summed E-state index contributed by atoms with van der Waals surface area (Å²) in [6.45, 7) is 0. The van der Waals surface area contributed by atoms with Crippen LogP contribution in [0.5, 0.6) is 0 Å². The lowest BCUT2D eigenvalue weighted by Gasteiger charge is -2.06. The summed E-state index contributed by atoms with van der Waals surface area (Å²) < 4.78 is 0. The molecule has 1 aliphatic rings. The number of carbonyl (C=O) groups excluding carboxylic acids is 1. The van der Waals surface area contributed by atoms with Crippen LogP contribution in [0.15, 0.2) is 5.16 Å². The molecule has 1 saturated carbocycles. The maximum Gasteiger partial charge on any atom is 0.180 e. The van der Waals surface area contributed by atoms with E-state index < -0.39 is 0 Å². The van der Waals surface area contributed by atoms with E-state index in [1.54, 1.807) is 0 Å². The van der Waals surface area contributed by atoms with Crippen LogP contribution < -0.4 is 0 Å². The lowest BCUT2D eigenvalue weighted by Crippen LogP contribution is -2.14. The van der Waals surface area contributed by atoms with Crippen molar-refractivity contribution >= 4 is 11.5 Å². The van der Waals surface area contributed by atoms with E-state index in [2.05, 4.69) is 5.16 Å². The van der Waals surface area contributed by atoms with Gasteiger partial charge in [0.1, 0.15) is 5.71 Å². The fraction of sp³-hybridized carbons (Fsp3) is 0.857. The molecule has 0 heterocycles. The minimum atomic E-state index is 0.0459. The maximum atomic E-state index is 11.7. The fourth-order valence-corrected chi connectivity index (χ4v) is 2.38. The van der Waals surface area contributed by atoms with Crippen LogP contribution in [0.4, 0.5) is 0 Å². The summed E-state index contributed by atoms with van der Waals surface area (Å²) in [4.78, 5) is 11.7. The molecule has 0 aromatic heterocycles. The first-order chi connectivity index (χ1) is 8.34. The van der Waals surface area contributed by atoms with Gasteiger partial charge in [-0.1, -0.05) is 56.5 Å². The van der Waals surface area contributed by atoms with E-state index in [0.717, 1.165) is 25.7 Å². The molecule has 98 valence electrons. The van der Waals surface area contributed by atoms with Crippen molar-refractivity contribution in [2.75, 3.05) is 0 Å². The highest BCUT2D eigenvalue weighted by Crippen LogP contribution is 2.14. The van der Waals surface area contributed by atoms with Crippen molar-refractivity contribution in [2.45, 2.75) is 77.0 Å². The largest absolute Gasteiger partial charge is 0.411 e. The number of ketones is 1. The second-order valence-electron chi connectivity index (χ2n) is 5.01. The molecule has 0 aromatic rings. The molecule has 0 aromatic carbocycles. The summed E-state index contributed by atoms with van der Waals surface area (Å²) in [5, 5.41) is 12.0. The molecule has 3 heteroatoms. The minimum absolute atomic E-state index is 0.0459. The van der Waals surface area contributed by atoms with Crippen molar-refractivity contribution in [1.29, 1.82) is 0 Å². The molecule has 1 rings (SSSR count). The van der Waals surface area contributed by atoms with Gasteiger partial charge < -0.3 is 5.21 Å². The monoisotopic (exact) mass is 239 g/mol. The first-order valence-corrected chi connectivity index (χ1v) is 7.08. The van der Waals surface area contributed by atoms with Crippen molar-refractivity contribution in [3.8, 4) is 0 Å². The molecule has 1 N–H and O–H groups in total. The number of hydrogen-bond donors (Lipinski definition) is 1. The molecular weight excluding hydrogens is 214 g/mol. The molecule has 0 bridgehead atoms. The van der Waals surface area contributed by atoms with Crippen molar-refractivity contribution in [3.63, 3.8) is 0 Å². The van der Waals surface area contributed by atoms with Gasteiger partial charge in [-0.15, -0.1) is 0 Å². The zero-order valence-corrected chi connectivity index (χ0v) is 10.8. The average Bonchev–Trinajstić information content (AvgIpc) is 2.34. The summed E-state index contributed by atoms with van der Waals surface area (Å²) in [5.74, 6) is 0.0459. The second-order valence-corrected chi connectivity index (χ2v) is 5.01. The molecule has 0 radical (unpaired) electrons. The van der Waals surface area contributed by atoms with E-state index in [-0.39, 0.29) is 5.78 Å². The third kappa shape index (κ3) is 6.44. The highest BCUT2D eigenvalue weighted by molar-refractivity contribution is 6.39. The Bertz CT molecular complexity index is 249. The Balaban J connectivity index is 2.37. The normalized spacial score (nSPS) is 24.5. The third-order valence-corrected chi connectivity index (χ3v) is 3.51. The molecule has 1 aliphatic carbocycles. The minimum Gasteiger partial charge on any atom is -0.411 e. The van der Waals surface area contributed by atoms with Gasteiger partial charge in [0.15, 0.2) is 5.78 Å². The number of nitrogens with zero attached hydrogens (tertiary/aromatic N) is 1. The summed E-state index contributed by atoms with van der Waals surface area (Å²) in [5.41, 5.74) is 0.391. The van der Waals surface area contributed by atoms with Crippen molar-refractivity contribution < 1.29 is 10.0 Å². The Morgan fingerprint density at radius 1 is 0.706 bits per heavy atom. The highest BCUT2D eigenvalue weighted by atomic mass is 16.4. The average molecular weight is 239 g/mol. The van der Waals surface area contributed by atoms with Gasteiger partial charge in [0.2, 0.25) is 0 Å². The Morgan fingerprint density at radius 2 is 1.12 bits per heavy atom. The molecule has 1 fully saturated rings. The van der Waals surface area contributed by atoms with E-state index in [0.29, 0.717) is 18.6 Å². The smallest absolute Gasteiger partial charge is 0.180 e. The first kappa shape index (κ1) is 14.2. The van der Waals surface area contributed by atoms with Crippen LogP contribution in [0.2, 0.25) is 0 Å². The number of carbonyl (C=O) groups is 1. The SMILES string of the molecule is O=C1CCCCCCCCCCCCC1=NO. The molecule has 3 nitrogen and oxygen atoms in total. The lowest BCUT2D eigenvalue weighted by molar-refractivity contribution is -0.113. The van der Waals surface area contributed by atoms with Gasteiger partial charge in [-0.2, -0.15) is 0 Å². The Hall–Kier alpha value is -0.860. The van der Waals surface area contributed by atoms with Crippen molar-refractivity contribution in [1.82, 2.24) is 0 Å². The van der Waals surface area contributed by atoms with Gasteiger partial charge in [0.25, 0.3) is 0 Å². The van der Waals surface area contributed by atoms with Crippen LogP contribution >= 0.6 is 0 Å². The standard InChI is InChI=1S/C14H25NO2/c16-14-12-10-8-6-4-2-1-3-5-7-9-11-13(14)15-17/h17H,1-12H2. The van der Waals surface area contributed by atoms with Gasteiger partial charge >= 0.3 is 0 Å². The Morgan fingerprint density at radius 3 is 1.59 bits per heavy atom. The summed E-state index contributed by atoms with van der Waals surface area (Å²) >= 11 is 0. The first-order valence-electron chi connectivity index (χ1n) is 7.08. The lowest BCUT2D eigenvalue weighted by atomic mass is 9.99. The Kier molecular flexibility index (Phi) is 7.69. The number of Topliss-reactive ketones (excluding diaryl/α,β-unsaturated/α-hetero) is 1. The molecule has 0 atom stereocenters. The van der Waals surface area contributed by atoms with E-state index in [1.165, 1.54) is 38.5 Å². The number of rotatable bonds is 0. The van der Waals surface area contributed by atoms with Gasteiger partial charge in [-0.25, -0.2) is 0 Å². The predicted molar refractivity (Wildman–Crippen MR) is 69.6 cm³/mol.